The van der Waals surface area contributed by atoms with Gasteiger partial charge in [0.15, 0.2) is 0 Å². The summed E-state index contributed by atoms with van der Waals surface area (Å²) < 4.78 is 11.6. The summed E-state index contributed by atoms with van der Waals surface area (Å²) in [5.74, 6) is 1.06. The number of hydrogen-bond donors (Lipinski definition) is 2. The summed E-state index contributed by atoms with van der Waals surface area (Å²) in [6.07, 6.45) is 2.34. The third-order valence-electron chi connectivity index (χ3n) is 7.03. The van der Waals surface area contributed by atoms with E-state index in [1.165, 1.54) is 5.56 Å². The maximum Gasteiger partial charge on any atom is 0.253 e. The standard InChI is InChI=1S/C23H32ClN7O3/c24-17-3-1-16(2-4-17)13-19-15-34-20(21(32)29-9-11-33-12-10-29)14-31(19)18-5-7-30(8-6-18)23-26-22(25)27-28-23/h1-4,18-20H,5-15H2,(H3,25,26,27,28)/t19-,20+/m0/s1. The van der Waals surface area contributed by atoms with Gasteiger partial charge < -0.3 is 25.0 Å². The van der Waals surface area contributed by atoms with Crippen molar-refractivity contribution in [3.63, 3.8) is 0 Å². The molecule has 0 bridgehead atoms. The minimum absolute atomic E-state index is 0.0758. The average Bonchev–Trinajstić information content (AvgIpc) is 3.32. The van der Waals surface area contributed by atoms with E-state index in [0.29, 0.717) is 57.4 Å². The highest BCUT2D eigenvalue weighted by Gasteiger charge is 2.39. The minimum atomic E-state index is -0.439. The van der Waals surface area contributed by atoms with Gasteiger partial charge in [-0.1, -0.05) is 23.7 Å². The van der Waals surface area contributed by atoms with E-state index in [-0.39, 0.29) is 11.9 Å². The van der Waals surface area contributed by atoms with Crippen molar-refractivity contribution in [1.29, 1.82) is 0 Å². The molecule has 1 aromatic carbocycles. The molecule has 2 aromatic rings. The number of nitrogens with two attached hydrogens (primary N) is 1. The second-order valence-electron chi connectivity index (χ2n) is 9.18. The van der Waals surface area contributed by atoms with Gasteiger partial charge in [0.2, 0.25) is 11.9 Å². The van der Waals surface area contributed by atoms with E-state index in [1.807, 2.05) is 17.0 Å². The number of nitrogens with zero attached hydrogens (tertiary/aromatic N) is 5. The Labute approximate surface area is 204 Å². The molecular weight excluding hydrogens is 458 g/mol. The molecule has 3 aliphatic rings. The number of benzene rings is 1. The van der Waals surface area contributed by atoms with Crippen LogP contribution < -0.4 is 10.6 Å². The van der Waals surface area contributed by atoms with Gasteiger partial charge >= 0.3 is 0 Å². The van der Waals surface area contributed by atoms with Crippen LogP contribution in [0, 0.1) is 0 Å². The van der Waals surface area contributed by atoms with Gasteiger partial charge in [-0.05, 0) is 37.0 Å². The number of ether oxygens (including phenoxy) is 2. The first-order valence-electron chi connectivity index (χ1n) is 12.0. The molecule has 0 unspecified atom stereocenters. The number of nitrogen functional groups attached to an aromatic ring is 1. The molecule has 0 radical (unpaired) electrons. The van der Waals surface area contributed by atoms with Crippen molar-refractivity contribution in [2.24, 2.45) is 0 Å². The fraction of sp³-hybridized carbons (Fsp3) is 0.609. The number of rotatable bonds is 5. The van der Waals surface area contributed by atoms with Crippen LogP contribution in [0.2, 0.25) is 5.02 Å². The number of carbonyl (C=O) groups excluding carboxylic acids is 1. The van der Waals surface area contributed by atoms with Crippen LogP contribution in [0.1, 0.15) is 18.4 Å². The number of halogens is 1. The fourth-order valence-corrected chi connectivity index (χ4v) is 5.30. The molecule has 4 heterocycles. The molecule has 3 fully saturated rings. The topological polar surface area (TPSA) is 113 Å². The molecule has 0 spiro atoms. The summed E-state index contributed by atoms with van der Waals surface area (Å²) in [5.41, 5.74) is 6.92. The van der Waals surface area contributed by atoms with Gasteiger partial charge in [0, 0.05) is 49.8 Å². The second kappa shape index (κ2) is 10.5. The van der Waals surface area contributed by atoms with Crippen LogP contribution in [0.5, 0.6) is 0 Å². The van der Waals surface area contributed by atoms with Crippen molar-refractivity contribution in [3.05, 3.63) is 34.9 Å². The van der Waals surface area contributed by atoms with E-state index in [2.05, 4.69) is 37.1 Å². The first kappa shape index (κ1) is 23.3. The zero-order valence-corrected chi connectivity index (χ0v) is 20.0. The summed E-state index contributed by atoms with van der Waals surface area (Å²) in [6.45, 7) is 5.26. The Morgan fingerprint density at radius 2 is 1.88 bits per heavy atom. The van der Waals surface area contributed by atoms with Crippen molar-refractivity contribution in [2.75, 3.05) is 63.2 Å². The number of morpholine rings is 2. The normalized spacial score (nSPS) is 25.0. The predicted molar refractivity (Wildman–Crippen MR) is 129 cm³/mol. The fourth-order valence-electron chi connectivity index (χ4n) is 5.17. The van der Waals surface area contributed by atoms with Crippen molar-refractivity contribution >= 4 is 29.4 Å². The summed E-state index contributed by atoms with van der Waals surface area (Å²) in [6, 6.07) is 8.55. The third-order valence-corrected chi connectivity index (χ3v) is 7.28. The van der Waals surface area contributed by atoms with Crippen LogP contribution in [-0.4, -0.2) is 102 Å². The highest BCUT2D eigenvalue weighted by atomic mass is 35.5. The van der Waals surface area contributed by atoms with Crippen LogP contribution in [0.4, 0.5) is 11.9 Å². The molecule has 0 aliphatic carbocycles. The molecule has 0 saturated carbocycles. The molecule has 11 heteroatoms. The number of aromatic nitrogens is 3. The highest BCUT2D eigenvalue weighted by molar-refractivity contribution is 6.30. The van der Waals surface area contributed by atoms with Crippen LogP contribution in [0.15, 0.2) is 24.3 Å². The lowest BCUT2D eigenvalue weighted by Crippen LogP contribution is -2.60. The van der Waals surface area contributed by atoms with E-state index in [4.69, 9.17) is 26.8 Å². The molecule has 34 heavy (non-hydrogen) atoms. The monoisotopic (exact) mass is 489 g/mol. The molecule has 184 valence electrons. The number of hydrogen-bond acceptors (Lipinski definition) is 8. The molecule has 1 aromatic heterocycles. The van der Waals surface area contributed by atoms with Gasteiger partial charge in [0.05, 0.1) is 19.8 Å². The van der Waals surface area contributed by atoms with Gasteiger partial charge in [-0.2, -0.15) is 4.98 Å². The Hall–Kier alpha value is -2.40. The van der Waals surface area contributed by atoms with Gasteiger partial charge in [0.25, 0.3) is 5.91 Å². The summed E-state index contributed by atoms with van der Waals surface area (Å²) in [5, 5.41) is 7.65. The van der Waals surface area contributed by atoms with Crippen molar-refractivity contribution in [2.45, 2.75) is 37.5 Å². The van der Waals surface area contributed by atoms with Crippen LogP contribution in [0.3, 0.4) is 0 Å². The number of aromatic amines is 1. The maximum absolute atomic E-state index is 13.2. The Kier molecular flexibility index (Phi) is 7.19. The molecule has 2 atom stereocenters. The maximum atomic E-state index is 13.2. The molecule has 5 rings (SSSR count). The minimum Gasteiger partial charge on any atom is -0.378 e. The largest absolute Gasteiger partial charge is 0.378 e. The van der Waals surface area contributed by atoms with E-state index >= 15 is 0 Å². The molecule has 3 aliphatic heterocycles. The number of nitrogens with one attached hydrogen (secondary N) is 1. The highest BCUT2D eigenvalue weighted by Crippen LogP contribution is 2.27. The molecular formula is C23H32ClN7O3. The average molecular weight is 490 g/mol. The zero-order valence-electron chi connectivity index (χ0n) is 19.2. The first-order chi connectivity index (χ1) is 16.6. The predicted octanol–water partition coefficient (Wildman–Crippen LogP) is 1.18. The lowest BCUT2D eigenvalue weighted by Gasteiger charge is -2.47. The van der Waals surface area contributed by atoms with Crippen molar-refractivity contribution < 1.29 is 14.3 Å². The summed E-state index contributed by atoms with van der Waals surface area (Å²) in [7, 11) is 0. The van der Waals surface area contributed by atoms with E-state index in [0.717, 1.165) is 37.4 Å². The smallest absolute Gasteiger partial charge is 0.253 e. The second-order valence-corrected chi connectivity index (χ2v) is 9.62. The van der Waals surface area contributed by atoms with Crippen LogP contribution in [0.25, 0.3) is 0 Å². The Balaban J connectivity index is 1.28. The Morgan fingerprint density at radius 3 is 2.56 bits per heavy atom. The number of amides is 1. The molecule has 3 saturated heterocycles. The van der Waals surface area contributed by atoms with E-state index < -0.39 is 6.10 Å². The van der Waals surface area contributed by atoms with E-state index in [1.54, 1.807) is 0 Å². The van der Waals surface area contributed by atoms with Crippen LogP contribution in [-0.2, 0) is 20.7 Å². The first-order valence-corrected chi connectivity index (χ1v) is 12.4. The number of H-pyrrole nitrogens is 1. The zero-order chi connectivity index (χ0) is 23.5. The Bertz CT molecular complexity index is 958. The SMILES string of the molecule is Nc1nc(N2CCC(N3C[C@H](C(=O)N4CCOCC4)OC[C@@H]3Cc3ccc(Cl)cc3)CC2)n[nH]1. The lowest BCUT2D eigenvalue weighted by atomic mass is 9.96. The van der Waals surface area contributed by atoms with Gasteiger partial charge in [0.1, 0.15) is 6.10 Å². The number of carbonyl (C=O) groups is 1. The van der Waals surface area contributed by atoms with Gasteiger partial charge in [-0.25, -0.2) is 5.10 Å². The quantitative estimate of drug-likeness (QED) is 0.643. The third kappa shape index (κ3) is 5.30. The molecule has 1 amide bonds. The van der Waals surface area contributed by atoms with Gasteiger partial charge in [-0.3, -0.25) is 9.69 Å². The molecule has 10 nitrogen and oxygen atoms in total. The van der Waals surface area contributed by atoms with E-state index in [9.17, 15) is 4.79 Å². The number of anilines is 2. The van der Waals surface area contributed by atoms with Crippen molar-refractivity contribution in [1.82, 2.24) is 25.0 Å². The lowest BCUT2D eigenvalue weighted by molar-refractivity contribution is -0.159. The van der Waals surface area contributed by atoms with Crippen LogP contribution >= 0.6 is 11.6 Å². The van der Waals surface area contributed by atoms with Crippen molar-refractivity contribution in [3.8, 4) is 0 Å². The number of piperidine rings is 1. The van der Waals surface area contributed by atoms with Gasteiger partial charge in [-0.15, -0.1) is 5.10 Å². The Morgan fingerprint density at radius 1 is 1.15 bits per heavy atom. The summed E-state index contributed by atoms with van der Waals surface area (Å²) in [4.78, 5) is 24.0. The summed E-state index contributed by atoms with van der Waals surface area (Å²) >= 11 is 6.09. The molecule has 3 N–H and O–H groups in total.